The summed E-state index contributed by atoms with van der Waals surface area (Å²) in [5.74, 6) is -0.360. The van der Waals surface area contributed by atoms with Gasteiger partial charge >= 0.3 is 12.3 Å². The maximum Gasteiger partial charge on any atom is 0.573 e. The van der Waals surface area contributed by atoms with Gasteiger partial charge in [-0.25, -0.2) is 0 Å². The van der Waals surface area contributed by atoms with Crippen LogP contribution in [0, 0.1) is 0 Å². The summed E-state index contributed by atoms with van der Waals surface area (Å²) in [6.45, 7) is 3.92. The van der Waals surface area contributed by atoms with Crippen molar-refractivity contribution in [2.75, 3.05) is 12.4 Å². The highest BCUT2D eigenvalue weighted by molar-refractivity contribution is 8.00. The van der Waals surface area contributed by atoms with E-state index in [1.807, 2.05) is 6.92 Å². The van der Waals surface area contributed by atoms with Crippen LogP contribution in [0.15, 0.2) is 24.3 Å². The second-order valence-corrected chi connectivity index (χ2v) is 5.20. The highest BCUT2D eigenvalue weighted by Gasteiger charge is 2.31. The van der Waals surface area contributed by atoms with E-state index in [1.54, 1.807) is 19.1 Å². The number of alkyl halides is 3. The van der Waals surface area contributed by atoms with Gasteiger partial charge in [0.15, 0.2) is 0 Å². The lowest BCUT2D eigenvalue weighted by Crippen LogP contribution is -2.17. The molecule has 7 heteroatoms. The molecule has 1 rings (SSSR count). The average molecular weight is 308 g/mol. The topological polar surface area (TPSA) is 35.5 Å². The van der Waals surface area contributed by atoms with Crippen molar-refractivity contribution in [3.63, 3.8) is 0 Å². The Morgan fingerprint density at radius 3 is 2.40 bits per heavy atom. The van der Waals surface area contributed by atoms with Crippen LogP contribution in [-0.2, 0) is 9.53 Å². The molecule has 0 saturated heterocycles. The Morgan fingerprint density at radius 2 is 1.90 bits per heavy atom. The van der Waals surface area contributed by atoms with Gasteiger partial charge in [-0.1, -0.05) is 12.1 Å². The summed E-state index contributed by atoms with van der Waals surface area (Å²) in [6.07, 6.45) is -4.69. The second kappa shape index (κ2) is 7.42. The molecule has 0 saturated carbocycles. The Morgan fingerprint density at radius 1 is 1.30 bits per heavy atom. The van der Waals surface area contributed by atoms with Crippen molar-refractivity contribution in [3.05, 3.63) is 29.8 Å². The lowest BCUT2D eigenvalue weighted by atomic mass is 10.2. The fourth-order valence-corrected chi connectivity index (χ4v) is 2.25. The monoisotopic (exact) mass is 308 g/mol. The summed E-state index contributed by atoms with van der Waals surface area (Å²) in [7, 11) is 0. The molecule has 0 aliphatic heterocycles. The molecule has 3 nitrogen and oxygen atoms in total. The van der Waals surface area contributed by atoms with Crippen molar-refractivity contribution in [1.29, 1.82) is 0 Å². The maximum absolute atomic E-state index is 12.0. The number of hydrogen-bond donors (Lipinski definition) is 0. The number of benzene rings is 1. The molecular formula is C13H15F3O3S. The van der Waals surface area contributed by atoms with Crippen LogP contribution in [0.5, 0.6) is 5.75 Å². The Hall–Kier alpha value is -1.37. The van der Waals surface area contributed by atoms with Crippen LogP contribution in [-0.4, -0.2) is 24.7 Å². The summed E-state index contributed by atoms with van der Waals surface area (Å²) in [5, 5.41) is -0.0284. The second-order valence-electron chi connectivity index (χ2n) is 3.88. The van der Waals surface area contributed by atoms with Crippen molar-refractivity contribution < 1.29 is 27.4 Å². The fourth-order valence-electron chi connectivity index (χ4n) is 1.43. The molecule has 0 N–H and O–H groups in total. The third kappa shape index (κ3) is 6.18. The third-order valence-electron chi connectivity index (χ3n) is 2.34. The van der Waals surface area contributed by atoms with Gasteiger partial charge in [-0.3, -0.25) is 4.79 Å². The zero-order chi connectivity index (χ0) is 15.2. The van der Waals surface area contributed by atoms with Gasteiger partial charge in [0.1, 0.15) is 5.75 Å². The SMILES string of the molecule is CCOC(=O)CSC(C)c1ccc(OC(F)(F)F)cc1. The Bertz CT molecular complexity index is 431. The number of rotatable bonds is 6. The number of carbonyl (C=O) groups is 1. The Balaban J connectivity index is 2.53. The van der Waals surface area contributed by atoms with Crippen LogP contribution >= 0.6 is 11.8 Å². The molecule has 0 aliphatic rings. The number of hydrogen-bond acceptors (Lipinski definition) is 4. The van der Waals surface area contributed by atoms with Crippen molar-refractivity contribution in [2.24, 2.45) is 0 Å². The molecule has 0 heterocycles. The van der Waals surface area contributed by atoms with Crippen LogP contribution in [0.4, 0.5) is 13.2 Å². The predicted molar refractivity (Wildman–Crippen MR) is 70.6 cm³/mol. The van der Waals surface area contributed by atoms with Gasteiger partial charge in [0.05, 0.1) is 12.4 Å². The average Bonchev–Trinajstić information content (AvgIpc) is 2.35. The minimum atomic E-state index is -4.69. The molecule has 0 spiro atoms. The quantitative estimate of drug-likeness (QED) is 0.746. The third-order valence-corrected chi connectivity index (χ3v) is 3.51. The van der Waals surface area contributed by atoms with E-state index >= 15 is 0 Å². The molecule has 1 aromatic rings. The highest BCUT2D eigenvalue weighted by Crippen LogP contribution is 2.30. The van der Waals surface area contributed by atoms with E-state index in [-0.39, 0.29) is 22.7 Å². The van der Waals surface area contributed by atoms with Crippen molar-refractivity contribution in [1.82, 2.24) is 0 Å². The molecule has 1 atom stereocenters. The first-order valence-electron chi connectivity index (χ1n) is 5.94. The summed E-state index contributed by atoms with van der Waals surface area (Å²) in [4.78, 5) is 11.2. The number of thioether (sulfide) groups is 1. The van der Waals surface area contributed by atoms with Crippen LogP contribution in [0.25, 0.3) is 0 Å². The number of halogens is 3. The molecule has 0 amide bonds. The van der Waals surface area contributed by atoms with Gasteiger partial charge in [-0.2, -0.15) is 0 Å². The maximum atomic E-state index is 12.0. The standard InChI is InChI=1S/C13H15F3O3S/c1-3-18-12(17)8-20-9(2)10-4-6-11(7-5-10)19-13(14,15)16/h4-7,9H,3,8H2,1-2H3. The fraction of sp³-hybridized carbons (Fsp3) is 0.462. The molecule has 0 bridgehead atoms. The largest absolute Gasteiger partial charge is 0.573 e. The van der Waals surface area contributed by atoms with Gasteiger partial charge < -0.3 is 9.47 Å². The molecule has 0 aliphatic carbocycles. The summed E-state index contributed by atoms with van der Waals surface area (Å²) in [5.41, 5.74) is 0.814. The van der Waals surface area contributed by atoms with E-state index in [4.69, 9.17) is 4.74 Å². The van der Waals surface area contributed by atoms with Crippen LogP contribution in [0.3, 0.4) is 0 Å². The number of ether oxygens (including phenoxy) is 2. The van der Waals surface area contributed by atoms with E-state index in [1.165, 1.54) is 23.9 Å². The first kappa shape index (κ1) is 16.7. The zero-order valence-electron chi connectivity index (χ0n) is 11.1. The minimum absolute atomic E-state index is 0.0284. The normalized spacial score (nSPS) is 12.8. The molecule has 0 fully saturated rings. The molecule has 20 heavy (non-hydrogen) atoms. The van der Waals surface area contributed by atoms with Gasteiger partial charge in [0, 0.05) is 5.25 Å². The first-order chi connectivity index (χ1) is 9.31. The van der Waals surface area contributed by atoms with E-state index in [0.717, 1.165) is 5.56 Å². The summed E-state index contributed by atoms with van der Waals surface area (Å²) < 4.78 is 44.6. The van der Waals surface area contributed by atoms with E-state index in [2.05, 4.69) is 4.74 Å². The number of carbonyl (C=O) groups excluding carboxylic acids is 1. The first-order valence-corrected chi connectivity index (χ1v) is 6.99. The number of esters is 1. The van der Waals surface area contributed by atoms with Crippen LogP contribution in [0.2, 0.25) is 0 Å². The van der Waals surface area contributed by atoms with Gasteiger partial charge in [-0.15, -0.1) is 24.9 Å². The van der Waals surface area contributed by atoms with Gasteiger partial charge in [-0.05, 0) is 31.5 Å². The summed E-state index contributed by atoms with van der Waals surface area (Å²) >= 11 is 1.36. The van der Waals surface area contributed by atoms with E-state index in [0.29, 0.717) is 6.61 Å². The molecule has 0 radical (unpaired) electrons. The Kier molecular flexibility index (Phi) is 6.19. The molecule has 1 aromatic carbocycles. The smallest absolute Gasteiger partial charge is 0.465 e. The van der Waals surface area contributed by atoms with E-state index in [9.17, 15) is 18.0 Å². The lowest BCUT2D eigenvalue weighted by molar-refractivity contribution is -0.274. The molecule has 112 valence electrons. The van der Waals surface area contributed by atoms with Crippen LogP contribution < -0.4 is 4.74 Å². The van der Waals surface area contributed by atoms with Crippen molar-refractivity contribution in [2.45, 2.75) is 25.5 Å². The van der Waals surface area contributed by atoms with Crippen molar-refractivity contribution >= 4 is 17.7 Å². The summed E-state index contributed by atoms with van der Waals surface area (Å²) in [6, 6.07) is 5.60. The Labute approximate surface area is 119 Å². The van der Waals surface area contributed by atoms with Crippen LogP contribution in [0.1, 0.15) is 24.7 Å². The zero-order valence-corrected chi connectivity index (χ0v) is 11.9. The minimum Gasteiger partial charge on any atom is -0.465 e. The van der Waals surface area contributed by atoms with Crippen molar-refractivity contribution in [3.8, 4) is 5.75 Å². The van der Waals surface area contributed by atoms with E-state index < -0.39 is 6.36 Å². The predicted octanol–water partition coefficient (Wildman–Crippen LogP) is 3.94. The molecule has 0 aromatic heterocycles. The highest BCUT2D eigenvalue weighted by atomic mass is 32.2. The van der Waals surface area contributed by atoms with Gasteiger partial charge in [0.25, 0.3) is 0 Å². The van der Waals surface area contributed by atoms with Gasteiger partial charge in [0.2, 0.25) is 0 Å². The lowest BCUT2D eigenvalue weighted by Gasteiger charge is -2.13. The molecular weight excluding hydrogens is 293 g/mol. The molecule has 1 unspecified atom stereocenters.